The number of rotatable bonds is 11. The third-order valence-electron chi connectivity index (χ3n) is 6.74. The van der Waals surface area contributed by atoms with Crippen molar-refractivity contribution < 1.29 is 0 Å². The van der Waals surface area contributed by atoms with E-state index in [1.807, 2.05) is 0 Å². The van der Waals surface area contributed by atoms with E-state index < -0.39 is 5.54 Å². The lowest BCUT2D eigenvalue weighted by Crippen LogP contribution is -2.49. The van der Waals surface area contributed by atoms with Gasteiger partial charge in [0.15, 0.2) is 0 Å². The molecule has 1 aromatic heterocycles. The summed E-state index contributed by atoms with van der Waals surface area (Å²) in [6, 6.07) is 32.3. The zero-order chi connectivity index (χ0) is 23.8. The highest BCUT2D eigenvalue weighted by molar-refractivity contribution is 5.48. The molecule has 4 aromatic rings. The molecule has 0 amide bonds. The molecular formula is C30H36N4. The predicted molar refractivity (Wildman–Crippen MR) is 140 cm³/mol. The number of nitrogens with zero attached hydrogens (tertiary/aromatic N) is 4. The maximum absolute atomic E-state index is 4.98. The molecule has 0 aliphatic heterocycles. The van der Waals surface area contributed by atoms with Crippen molar-refractivity contribution in [1.82, 2.24) is 19.9 Å². The van der Waals surface area contributed by atoms with Crippen molar-refractivity contribution in [2.45, 2.75) is 52.1 Å². The number of hydrogen-bond acceptors (Lipinski definition) is 3. The van der Waals surface area contributed by atoms with Gasteiger partial charge in [-0.05, 0) is 42.6 Å². The Morgan fingerprint density at radius 3 is 1.76 bits per heavy atom. The fourth-order valence-electron chi connectivity index (χ4n) is 5.10. The molecule has 176 valence electrons. The second kappa shape index (κ2) is 11.3. The first-order chi connectivity index (χ1) is 16.7. The maximum atomic E-state index is 4.98. The van der Waals surface area contributed by atoms with Crippen molar-refractivity contribution in [3.8, 4) is 0 Å². The quantitative estimate of drug-likeness (QED) is 0.268. The second-order valence-electron chi connectivity index (χ2n) is 8.75. The molecule has 0 radical (unpaired) electrons. The van der Waals surface area contributed by atoms with Crippen LogP contribution < -0.4 is 0 Å². The Bertz CT molecular complexity index is 1090. The number of aromatic nitrogens is 3. The highest BCUT2D eigenvalue weighted by Crippen LogP contribution is 2.43. The van der Waals surface area contributed by atoms with Gasteiger partial charge in [-0.25, -0.2) is 4.68 Å². The lowest BCUT2D eigenvalue weighted by molar-refractivity contribution is 0.169. The van der Waals surface area contributed by atoms with Crippen LogP contribution >= 0.6 is 0 Å². The van der Waals surface area contributed by atoms with Crippen LogP contribution in [0.3, 0.4) is 0 Å². The van der Waals surface area contributed by atoms with E-state index in [0.29, 0.717) is 0 Å². The Labute approximate surface area is 204 Å². The van der Waals surface area contributed by atoms with E-state index >= 15 is 0 Å². The summed E-state index contributed by atoms with van der Waals surface area (Å²) in [5.41, 5.74) is 5.47. The molecule has 0 unspecified atom stereocenters. The van der Waals surface area contributed by atoms with Crippen molar-refractivity contribution in [1.29, 1.82) is 0 Å². The highest BCUT2D eigenvalue weighted by atomic mass is 15.4. The van der Waals surface area contributed by atoms with Crippen molar-refractivity contribution in [2.24, 2.45) is 0 Å². The first-order valence-corrected chi connectivity index (χ1v) is 12.6. The summed E-state index contributed by atoms with van der Waals surface area (Å²) in [6.45, 7) is 9.26. The molecule has 0 fully saturated rings. The molecule has 0 saturated heterocycles. The normalized spacial score (nSPS) is 11.8. The van der Waals surface area contributed by atoms with Crippen molar-refractivity contribution in [2.75, 3.05) is 13.1 Å². The summed E-state index contributed by atoms with van der Waals surface area (Å²) in [5.74, 6) is 0. The van der Waals surface area contributed by atoms with Gasteiger partial charge in [0.05, 0.1) is 12.2 Å². The number of unbranched alkanes of at least 4 members (excludes halogenated alkanes) is 1. The van der Waals surface area contributed by atoms with Gasteiger partial charge in [-0.1, -0.05) is 123 Å². The Morgan fingerprint density at radius 1 is 0.735 bits per heavy atom. The molecule has 4 heteroatoms. The Balaban J connectivity index is 1.99. The highest BCUT2D eigenvalue weighted by Gasteiger charge is 2.45. The lowest BCUT2D eigenvalue weighted by atomic mass is 9.77. The summed E-state index contributed by atoms with van der Waals surface area (Å²) in [7, 11) is 0. The second-order valence-corrected chi connectivity index (χ2v) is 8.75. The van der Waals surface area contributed by atoms with E-state index in [2.05, 4.69) is 121 Å². The van der Waals surface area contributed by atoms with Gasteiger partial charge in [0.1, 0.15) is 11.2 Å². The zero-order valence-corrected chi connectivity index (χ0v) is 20.7. The Morgan fingerprint density at radius 2 is 1.26 bits per heavy atom. The van der Waals surface area contributed by atoms with Gasteiger partial charge < -0.3 is 0 Å². The van der Waals surface area contributed by atoms with Gasteiger partial charge >= 0.3 is 0 Å². The van der Waals surface area contributed by atoms with Crippen LogP contribution in [-0.4, -0.2) is 33.0 Å². The van der Waals surface area contributed by atoms with E-state index in [0.717, 1.165) is 44.6 Å². The Hall–Kier alpha value is -3.24. The van der Waals surface area contributed by atoms with Crippen LogP contribution in [0.2, 0.25) is 0 Å². The van der Waals surface area contributed by atoms with Crippen LogP contribution in [0.5, 0.6) is 0 Å². The van der Waals surface area contributed by atoms with Gasteiger partial charge in [-0.2, -0.15) is 0 Å². The fourth-order valence-corrected chi connectivity index (χ4v) is 5.10. The summed E-state index contributed by atoms with van der Waals surface area (Å²) in [5, 5.41) is 9.75. The zero-order valence-electron chi connectivity index (χ0n) is 20.7. The minimum atomic E-state index is -0.510. The van der Waals surface area contributed by atoms with Crippen LogP contribution in [0.25, 0.3) is 0 Å². The molecule has 1 heterocycles. The number of hydrogen-bond donors (Lipinski definition) is 0. The minimum Gasteiger partial charge on any atom is -0.285 e. The molecule has 0 N–H and O–H groups in total. The summed E-state index contributed by atoms with van der Waals surface area (Å²) in [6.07, 6.45) is 3.19. The van der Waals surface area contributed by atoms with Crippen LogP contribution in [0.4, 0.5) is 0 Å². The monoisotopic (exact) mass is 452 g/mol. The van der Waals surface area contributed by atoms with Crippen LogP contribution in [0, 0.1) is 0 Å². The lowest BCUT2D eigenvalue weighted by Gasteiger charge is -2.43. The van der Waals surface area contributed by atoms with Gasteiger partial charge in [-0.3, -0.25) is 4.90 Å². The first kappa shape index (κ1) is 23.9. The van der Waals surface area contributed by atoms with E-state index in [9.17, 15) is 0 Å². The van der Waals surface area contributed by atoms with Gasteiger partial charge in [0.2, 0.25) is 0 Å². The van der Waals surface area contributed by atoms with Gasteiger partial charge in [-0.15, -0.1) is 5.10 Å². The van der Waals surface area contributed by atoms with Gasteiger partial charge in [0, 0.05) is 0 Å². The SMILES string of the molecule is CCCCc1c(C(c2ccccc2)(c2ccccc2)N(CC)CC)nnn1Cc1ccccc1. The molecule has 0 spiro atoms. The average molecular weight is 453 g/mol. The number of benzene rings is 3. The van der Waals surface area contributed by atoms with E-state index in [1.54, 1.807) is 0 Å². The van der Waals surface area contributed by atoms with E-state index in [-0.39, 0.29) is 0 Å². The van der Waals surface area contributed by atoms with Crippen LogP contribution in [-0.2, 0) is 18.5 Å². The smallest absolute Gasteiger partial charge is 0.118 e. The summed E-state index contributed by atoms with van der Waals surface area (Å²) in [4.78, 5) is 2.53. The van der Waals surface area contributed by atoms with Crippen LogP contribution in [0.15, 0.2) is 91.0 Å². The van der Waals surface area contributed by atoms with Crippen molar-refractivity contribution in [3.63, 3.8) is 0 Å². The molecule has 0 aliphatic rings. The topological polar surface area (TPSA) is 34.0 Å². The predicted octanol–water partition coefficient (Wildman–Crippen LogP) is 6.30. The third kappa shape index (κ3) is 4.55. The molecule has 0 atom stereocenters. The molecule has 3 aromatic carbocycles. The van der Waals surface area contributed by atoms with Crippen molar-refractivity contribution >= 4 is 0 Å². The van der Waals surface area contributed by atoms with Crippen LogP contribution in [0.1, 0.15) is 61.7 Å². The fraction of sp³-hybridized carbons (Fsp3) is 0.333. The molecule has 4 nitrogen and oxygen atoms in total. The summed E-state index contributed by atoms with van der Waals surface area (Å²) >= 11 is 0. The largest absolute Gasteiger partial charge is 0.285 e. The molecule has 0 aliphatic carbocycles. The molecular weight excluding hydrogens is 416 g/mol. The first-order valence-electron chi connectivity index (χ1n) is 12.6. The average Bonchev–Trinajstić information content (AvgIpc) is 3.29. The van der Waals surface area contributed by atoms with E-state index in [1.165, 1.54) is 22.4 Å². The summed E-state index contributed by atoms with van der Waals surface area (Å²) < 4.78 is 2.13. The van der Waals surface area contributed by atoms with E-state index in [4.69, 9.17) is 10.3 Å². The standard InChI is InChI=1S/C30H36N4/c1-4-7-23-28-29(31-32-34(28)24-25-17-11-8-12-18-25)30(33(5-2)6-3,26-19-13-9-14-20-26)27-21-15-10-16-22-27/h8-22H,4-7,23-24H2,1-3H3. The molecule has 0 saturated carbocycles. The van der Waals surface area contributed by atoms with Crippen molar-refractivity contribution in [3.05, 3.63) is 119 Å². The third-order valence-corrected chi connectivity index (χ3v) is 6.74. The molecule has 0 bridgehead atoms. The molecule has 4 rings (SSSR count). The van der Waals surface area contributed by atoms with Gasteiger partial charge in [0.25, 0.3) is 0 Å². The minimum absolute atomic E-state index is 0.510. The Kier molecular flexibility index (Phi) is 7.91. The maximum Gasteiger partial charge on any atom is 0.118 e. The molecule has 34 heavy (non-hydrogen) atoms.